The molecule has 0 bridgehead atoms. The molecule has 0 spiro atoms. The second-order valence-corrected chi connectivity index (χ2v) is 12.0. The van der Waals surface area contributed by atoms with E-state index in [2.05, 4.69) is 70.3 Å². The summed E-state index contributed by atoms with van der Waals surface area (Å²) < 4.78 is 0. The number of allylic oxidation sites excluding steroid dienone is 3. The summed E-state index contributed by atoms with van der Waals surface area (Å²) in [6.45, 7) is 16.1. The number of fused-ring (bicyclic) bond motifs is 2. The molecule has 0 aliphatic heterocycles. The van der Waals surface area contributed by atoms with Gasteiger partial charge in [0, 0.05) is 5.92 Å². The maximum Gasteiger partial charge on any atom is 0.00449 e. The van der Waals surface area contributed by atoms with Gasteiger partial charge in [-0.2, -0.15) is 0 Å². The Balaban J connectivity index is 1.31. The van der Waals surface area contributed by atoms with Crippen molar-refractivity contribution < 1.29 is 0 Å². The lowest BCUT2D eigenvalue weighted by molar-refractivity contribution is 0.287. The Labute approximate surface area is 206 Å². The molecular weight excluding hydrogens is 408 g/mol. The molecular formula is C34H40. The molecule has 4 aliphatic carbocycles. The molecule has 0 heteroatoms. The van der Waals surface area contributed by atoms with Crippen LogP contribution in [0.25, 0.3) is 17.2 Å². The van der Waals surface area contributed by atoms with E-state index in [1.54, 1.807) is 16.7 Å². The molecule has 0 nitrogen and oxygen atoms in total. The van der Waals surface area contributed by atoms with Crippen LogP contribution in [0.4, 0.5) is 0 Å². The fraction of sp³-hybridized carbons (Fsp3) is 0.471. The van der Waals surface area contributed by atoms with E-state index in [-0.39, 0.29) is 0 Å². The van der Waals surface area contributed by atoms with E-state index in [0.717, 1.165) is 36.5 Å². The van der Waals surface area contributed by atoms with Crippen LogP contribution in [0.5, 0.6) is 0 Å². The predicted molar refractivity (Wildman–Crippen MR) is 146 cm³/mol. The Morgan fingerprint density at radius 2 is 1.65 bits per heavy atom. The monoisotopic (exact) mass is 448 g/mol. The van der Waals surface area contributed by atoms with Crippen molar-refractivity contribution in [1.82, 2.24) is 0 Å². The summed E-state index contributed by atoms with van der Waals surface area (Å²) in [6, 6.07) is 11.9. The third-order valence-electron chi connectivity index (χ3n) is 9.98. The van der Waals surface area contributed by atoms with E-state index in [0.29, 0.717) is 5.92 Å². The van der Waals surface area contributed by atoms with Crippen LogP contribution in [0.1, 0.15) is 73.3 Å². The van der Waals surface area contributed by atoms with Crippen LogP contribution in [0, 0.1) is 43.4 Å². The summed E-state index contributed by atoms with van der Waals surface area (Å²) in [7, 11) is 0. The maximum atomic E-state index is 4.52. The molecule has 0 radical (unpaired) electrons. The number of rotatable bonds is 5. The van der Waals surface area contributed by atoms with Crippen molar-refractivity contribution >= 4 is 6.08 Å². The Hall–Kier alpha value is -2.34. The summed E-state index contributed by atoms with van der Waals surface area (Å²) in [5.74, 6) is 3.65. The number of hydrogen-bond donors (Lipinski definition) is 0. The van der Waals surface area contributed by atoms with Crippen LogP contribution in [0.3, 0.4) is 0 Å². The summed E-state index contributed by atoms with van der Waals surface area (Å²) >= 11 is 0. The van der Waals surface area contributed by atoms with Crippen molar-refractivity contribution in [2.24, 2.45) is 29.6 Å². The second-order valence-electron chi connectivity index (χ2n) is 12.0. The van der Waals surface area contributed by atoms with E-state index in [9.17, 15) is 0 Å². The van der Waals surface area contributed by atoms with E-state index >= 15 is 0 Å². The second kappa shape index (κ2) is 8.40. The SMILES string of the molecule is C=C1C(CC2=Cc3cccc(-c4cc(C)cc(C)c4C[C@@H]4CCC[C@@H]4C)c3C2)C(=C)C2CCC12. The van der Waals surface area contributed by atoms with E-state index < -0.39 is 0 Å². The van der Waals surface area contributed by atoms with Gasteiger partial charge in [0.15, 0.2) is 0 Å². The average molecular weight is 449 g/mol. The Morgan fingerprint density at radius 1 is 0.882 bits per heavy atom. The lowest BCUT2D eigenvalue weighted by Crippen LogP contribution is -2.20. The first-order valence-corrected chi connectivity index (χ1v) is 13.7. The first-order chi connectivity index (χ1) is 16.4. The molecule has 4 aliphatic rings. The molecule has 0 heterocycles. The molecule has 4 atom stereocenters. The van der Waals surface area contributed by atoms with Crippen LogP contribution in [0.15, 0.2) is 60.2 Å². The molecule has 0 aromatic heterocycles. The molecule has 0 amide bonds. The third kappa shape index (κ3) is 3.57. The molecule has 6 rings (SSSR count). The number of aryl methyl sites for hydroxylation is 2. The zero-order valence-electron chi connectivity index (χ0n) is 21.4. The molecule has 34 heavy (non-hydrogen) atoms. The molecule has 3 fully saturated rings. The standard InChI is InChI=1S/C34H40/c1-20-14-22(3)31(19-26-9-6-8-21(26)2)34(15-20)30-11-7-10-27-16-25(18-33(27)30)17-32-23(4)28-12-13-29(28)24(32)5/h7,10-11,14-16,21,26,28-29,32H,4-6,8-9,12-13,17-19H2,1-3H3/t21-,26-,28?,29?,32?/m0/s1. The lowest BCUT2D eigenvalue weighted by atomic mass is 9.74. The minimum Gasteiger partial charge on any atom is -0.0989 e. The highest BCUT2D eigenvalue weighted by atomic mass is 14.5. The van der Waals surface area contributed by atoms with Gasteiger partial charge in [-0.05, 0) is 109 Å². The van der Waals surface area contributed by atoms with Gasteiger partial charge in [-0.3, -0.25) is 0 Å². The van der Waals surface area contributed by atoms with Gasteiger partial charge in [-0.25, -0.2) is 0 Å². The summed E-state index contributed by atoms with van der Waals surface area (Å²) in [5, 5.41) is 0. The molecule has 2 unspecified atom stereocenters. The molecule has 0 N–H and O–H groups in total. The van der Waals surface area contributed by atoms with Gasteiger partial charge in [0.1, 0.15) is 0 Å². The smallest absolute Gasteiger partial charge is 0.00449 e. The van der Waals surface area contributed by atoms with E-state index in [1.807, 2.05) is 0 Å². The third-order valence-corrected chi connectivity index (χ3v) is 9.98. The van der Waals surface area contributed by atoms with Gasteiger partial charge in [0.25, 0.3) is 0 Å². The maximum absolute atomic E-state index is 4.52. The minimum atomic E-state index is 0.502. The highest BCUT2D eigenvalue weighted by molar-refractivity contribution is 5.80. The number of benzene rings is 2. The Morgan fingerprint density at radius 3 is 2.32 bits per heavy atom. The topological polar surface area (TPSA) is 0 Å². The lowest BCUT2D eigenvalue weighted by Gasteiger charge is -2.30. The first-order valence-electron chi connectivity index (χ1n) is 13.7. The van der Waals surface area contributed by atoms with Crippen LogP contribution >= 0.6 is 0 Å². The van der Waals surface area contributed by atoms with Gasteiger partial charge in [0.05, 0.1) is 0 Å². The number of hydrogen-bond acceptors (Lipinski definition) is 0. The minimum absolute atomic E-state index is 0.502. The van der Waals surface area contributed by atoms with Gasteiger partial charge in [-0.1, -0.05) is 91.6 Å². The normalized spacial score (nSPS) is 29.7. The van der Waals surface area contributed by atoms with Crippen LogP contribution in [-0.2, 0) is 12.8 Å². The predicted octanol–water partition coefficient (Wildman–Crippen LogP) is 9.05. The van der Waals surface area contributed by atoms with Crippen molar-refractivity contribution in [3.05, 3.63) is 88.0 Å². The fourth-order valence-corrected chi connectivity index (χ4v) is 7.78. The molecule has 176 valence electrons. The van der Waals surface area contributed by atoms with Gasteiger partial charge in [-0.15, -0.1) is 0 Å². The highest BCUT2D eigenvalue weighted by Crippen LogP contribution is 2.57. The van der Waals surface area contributed by atoms with Crippen LogP contribution in [-0.4, -0.2) is 0 Å². The van der Waals surface area contributed by atoms with Crippen LogP contribution < -0.4 is 0 Å². The van der Waals surface area contributed by atoms with Crippen molar-refractivity contribution in [2.45, 2.75) is 72.1 Å². The summed E-state index contributed by atoms with van der Waals surface area (Å²) in [4.78, 5) is 0. The van der Waals surface area contributed by atoms with E-state index in [4.69, 9.17) is 0 Å². The van der Waals surface area contributed by atoms with Gasteiger partial charge >= 0.3 is 0 Å². The zero-order chi connectivity index (χ0) is 23.6. The molecule has 0 saturated heterocycles. The van der Waals surface area contributed by atoms with Crippen LogP contribution in [0.2, 0.25) is 0 Å². The quantitative estimate of drug-likeness (QED) is 0.400. The summed E-state index contributed by atoms with van der Waals surface area (Å²) in [5.41, 5.74) is 14.9. The van der Waals surface area contributed by atoms with Crippen molar-refractivity contribution in [3.63, 3.8) is 0 Å². The average Bonchev–Trinajstić information content (AvgIpc) is 3.41. The first kappa shape index (κ1) is 22.1. The van der Waals surface area contributed by atoms with Crippen molar-refractivity contribution in [1.29, 1.82) is 0 Å². The largest absolute Gasteiger partial charge is 0.0989 e. The van der Waals surface area contributed by atoms with Gasteiger partial charge < -0.3 is 0 Å². The van der Waals surface area contributed by atoms with E-state index in [1.165, 1.54) is 77.5 Å². The zero-order valence-corrected chi connectivity index (χ0v) is 21.4. The Bertz CT molecular complexity index is 1180. The molecule has 2 aromatic carbocycles. The van der Waals surface area contributed by atoms with Crippen molar-refractivity contribution in [2.75, 3.05) is 0 Å². The fourth-order valence-electron chi connectivity index (χ4n) is 7.78. The Kier molecular flexibility index (Phi) is 5.47. The molecule has 3 saturated carbocycles. The van der Waals surface area contributed by atoms with Crippen molar-refractivity contribution in [3.8, 4) is 11.1 Å². The highest BCUT2D eigenvalue weighted by Gasteiger charge is 2.46. The molecule has 2 aromatic rings. The van der Waals surface area contributed by atoms with Gasteiger partial charge in [0.2, 0.25) is 0 Å². The summed E-state index contributed by atoms with van der Waals surface area (Å²) in [6.07, 6.45) is 12.8.